The summed E-state index contributed by atoms with van der Waals surface area (Å²) < 4.78 is 0. The molecule has 0 radical (unpaired) electrons. The number of rotatable bonds is 16. The molecule has 0 bridgehead atoms. The van der Waals surface area contributed by atoms with Crippen LogP contribution in [0.5, 0.6) is 0 Å². The van der Waals surface area contributed by atoms with Crippen molar-refractivity contribution in [2.45, 2.75) is 77.6 Å². The summed E-state index contributed by atoms with van der Waals surface area (Å²) >= 11 is 1.50. The molecule has 0 aliphatic heterocycles. The summed E-state index contributed by atoms with van der Waals surface area (Å²) in [6, 6.07) is 0. The van der Waals surface area contributed by atoms with E-state index in [1.165, 1.54) is 69.5 Å². The van der Waals surface area contributed by atoms with Crippen LogP contribution in [0.15, 0.2) is 0 Å². The first-order valence-corrected chi connectivity index (χ1v) is 9.71. The maximum atomic E-state index is 10.8. The molecule has 0 rings (SSSR count). The minimum absolute atomic E-state index is 0. The summed E-state index contributed by atoms with van der Waals surface area (Å²) in [7, 11) is 0. The van der Waals surface area contributed by atoms with Crippen molar-refractivity contribution in [1.29, 1.82) is 0 Å². The normalized spacial score (nSPS) is 11.2. The molecule has 0 saturated heterocycles. The average Bonchev–Trinajstić information content (AvgIpc) is 2.46. The number of carboxylic acid groups (broad SMARTS) is 2. The maximum Gasteiger partial charge on any atom is 1.00 e. The van der Waals surface area contributed by atoms with Gasteiger partial charge in [-0.1, -0.05) is 64.7 Å². The van der Waals surface area contributed by atoms with E-state index in [0.29, 0.717) is 5.75 Å². The van der Waals surface area contributed by atoms with Crippen molar-refractivity contribution in [1.82, 2.24) is 0 Å². The molecule has 1 unspecified atom stereocenters. The van der Waals surface area contributed by atoms with Crippen molar-refractivity contribution in [3.63, 3.8) is 0 Å². The SMILES string of the molecule is CCCCCCCCCCCCSCC(CC(=O)[O-])C(=O)[O-].[Na+].[Na+]. The zero-order chi connectivity index (χ0) is 16.6. The number of thioether (sulfide) groups is 1. The monoisotopic (exact) mass is 376 g/mol. The third-order valence-corrected chi connectivity index (χ3v) is 4.92. The van der Waals surface area contributed by atoms with E-state index < -0.39 is 24.3 Å². The summed E-state index contributed by atoms with van der Waals surface area (Å²) in [4.78, 5) is 21.2. The molecule has 0 saturated carbocycles. The number of hydrogen-bond acceptors (Lipinski definition) is 5. The average molecular weight is 376 g/mol. The van der Waals surface area contributed by atoms with Gasteiger partial charge in [-0.05, 0) is 18.6 Å². The molecular weight excluding hydrogens is 346 g/mol. The number of carboxylic acids is 2. The molecule has 0 aliphatic rings. The Morgan fingerprint density at radius 2 is 1.29 bits per heavy atom. The summed E-state index contributed by atoms with van der Waals surface area (Å²) in [5.41, 5.74) is 0. The van der Waals surface area contributed by atoms with Crippen LogP contribution in [0.25, 0.3) is 0 Å². The third-order valence-electron chi connectivity index (χ3n) is 3.71. The standard InChI is InChI=1S/C17H32O4S.2Na/c1-2-3-4-5-6-7-8-9-10-11-12-22-14-15(17(20)21)13-16(18)19;;/h15H,2-14H2,1H3,(H,18,19)(H,20,21);;/q;2*+1/p-2. The Bertz CT molecular complexity index is 304. The number of aliphatic carboxylic acids is 2. The second kappa shape index (κ2) is 22.3. The summed E-state index contributed by atoms with van der Waals surface area (Å²) in [6.07, 6.45) is 12.3. The zero-order valence-electron chi connectivity index (χ0n) is 15.8. The minimum Gasteiger partial charge on any atom is -0.550 e. The van der Waals surface area contributed by atoms with E-state index in [2.05, 4.69) is 6.92 Å². The molecule has 24 heavy (non-hydrogen) atoms. The van der Waals surface area contributed by atoms with Gasteiger partial charge < -0.3 is 19.8 Å². The largest absolute Gasteiger partial charge is 1.00 e. The first-order chi connectivity index (χ1) is 10.6. The number of carbonyl (C=O) groups excluding carboxylic acids is 2. The summed E-state index contributed by atoms with van der Waals surface area (Å²) in [5.74, 6) is -2.37. The molecule has 4 nitrogen and oxygen atoms in total. The second-order valence-electron chi connectivity index (χ2n) is 5.85. The van der Waals surface area contributed by atoms with Crippen LogP contribution in [-0.2, 0) is 9.59 Å². The van der Waals surface area contributed by atoms with Crippen molar-refractivity contribution >= 4 is 23.7 Å². The van der Waals surface area contributed by atoms with Crippen LogP contribution in [0.2, 0.25) is 0 Å². The van der Waals surface area contributed by atoms with Gasteiger partial charge in [-0.2, -0.15) is 11.8 Å². The Balaban J connectivity index is -0.00000220. The van der Waals surface area contributed by atoms with Gasteiger partial charge in [0.1, 0.15) is 0 Å². The van der Waals surface area contributed by atoms with Crippen LogP contribution in [0.3, 0.4) is 0 Å². The molecule has 0 aromatic heterocycles. The van der Waals surface area contributed by atoms with Gasteiger partial charge in [0.2, 0.25) is 0 Å². The molecule has 0 amide bonds. The van der Waals surface area contributed by atoms with Gasteiger partial charge in [0.25, 0.3) is 0 Å². The predicted molar refractivity (Wildman–Crippen MR) is 87.3 cm³/mol. The van der Waals surface area contributed by atoms with Crippen LogP contribution in [0.4, 0.5) is 0 Å². The van der Waals surface area contributed by atoms with E-state index in [4.69, 9.17) is 0 Å². The fourth-order valence-corrected chi connectivity index (χ4v) is 3.44. The second-order valence-corrected chi connectivity index (χ2v) is 7.00. The van der Waals surface area contributed by atoms with E-state index >= 15 is 0 Å². The van der Waals surface area contributed by atoms with Crippen LogP contribution in [-0.4, -0.2) is 23.4 Å². The minimum atomic E-state index is -1.33. The Labute approximate surface area is 195 Å². The molecule has 7 heteroatoms. The van der Waals surface area contributed by atoms with Gasteiger partial charge in [0.15, 0.2) is 0 Å². The Morgan fingerprint density at radius 1 is 0.833 bits per heavy atom. The van der Waals surface area contributed by atoms with Gasteiger partial charge in [0, 0.05) is 23.6 Å². The topological polar surface area (TPSA) is 80.3 Å². The quantitative estimate of drug-likeness (QED) is 0.204. The van der Waals surface area contributed by atoms with Crippen molar-refractivity contribution in [2.24, 2.45) is 5.92 Å². The molecule has 0 aliphatic carbocycles. The van der Waals surface area contributed by atoms with Crippen molar-refractivity contribution in [3.8, 4) is 0 Å². The van der Waals surface area contributed by atoms with Gasteiger partial charge in [-0.3, -0.25) is 0 Å². The van der Waals surface area contributed by atoms with Crippen LogP contribution < -0.4 is 69.3 Å². The summed E-state index contributed by atoms with van der Waals surface area (Å²) in [6.45, 7) is 2.23. The third kappa shape index (κ3) is 21.3. The maximum absolute atomic E-state index is 10.8. The fraction of sp³-hybridized carbons (Fsp3) is 0.882. The van der Waals surface area contributed by atoms with Gasteiger partial charge >= 0.3 is 59.1 Å². The molecule has 0 fully saturated rings. The molecule has 130 valence electrons. The van der Waals surface area contributed by atoms with Crippen LogP contribution in [0.1, 0.15) is 77.6 Å². The van der Waals surface area contributed by atoms with E-state index in [0.717, 1.165) is 12.2 Å². The smallest absolute Gasteiger partial charge is 0.550 e. The van der Waals surface area contributed by atoms with Crippen molar-refractivity contribution in [3.05, 3.63) is 0 Å². The van der Waals surface area contributed by atoms with Gasteiger partial charge in [-0.25, -0.2) is 0 Å². The number of carbonyl (C=O) groups is 2. The van der Waals surface area contributed by atoms with Crippen LogP contribution in [0, 0.1) is 5.92 Å². The molecule has 0 heterocycles. The summed E-state index contributed by atoms with van der Waals surface area (Å²) in [5, 5.41) is 21.2. The van der Waals surface area contributed by atoms with Crippen molar-refractivity contribution in [2.75, 3.05) is 11.5 Å². The van der Waals surface area contributed by atoms with E-state index in [1.54, 1.807) is 0 Å². The van der Waals surface area contributed by atoms with Gasteiger partial charge in [-0.15, -0.1) is 0 Å². The first kappa shape index (κ1) is 30.0. The number of unbranched alkanes of at least 4 members (excludes halogenated alkanes) is 9. The molecule has 0 aromatic carbocycles. The molecule has 1 atom stereocenters. The Morgan fingerprint density at radius 3 is 1.71 bits per heavy atom. The Kier molecular flexibility index (Phi) is 27.9. The van der Waals surface area contributed by atoms with Gasteiger partial charge in [0.05, 0.1) is 0 Å². The van der Waals surface area contributed by atoms with Crippen LogP contribution >= 0.6 is 11.8 Å². The predicted octanol–water partition coefficient (Wildman–Crippen LogP) is -3.85. The van der Waals surface area contributed by atoms with E-state index in [9.17, 15) is 19.8 Å². The fourth-order valence-electron chi connectivity index (χ4n) is 2.33. The molecular formula is C17H30Na2O4S. The van der Waals surface area contributed by atoms with E-state index in [-0.39, 0.29) is 59.1 Å². The molecule has 0 spiro atoms. The van der Waals surface area contributed by atoms with E-state index in [1.807, 2.05) is 0 Å². The Hall–Kier alpha value is 1.29. The molecule has 0 aromatic rings. The first-order valence-electron chi connectivity index (χ1n) is 8.56. The zero-order valence-corrected chi connectivity index (χ0v) is 20.6. The molecule has 0 N–H and O–H groups in total. The van der Waals surface area contributed by atoms with Crippen molar-refractivity contribution < 1.29 is 78.9 Å². The number of hydrogen-bond donors (Lipinski definition) is 0.